The summed E-state index contributed by atoms with van der Waals surface area (Å²) >= 11 is 0. The van der Waals surface area contributed by atoms with Gasteiger partial charge in [0.1, 0.15) is 0 Å². The monoisotopic (exact) mass is 224 g/mol. The SMILES string of the molecule is C1CC(CNC2CC2)CN(C2CCOC2)C1. The Morgan fingerprint density at radius 2 is 2.12 bits per heavy atom. The number of hydrogen-bond acceptors (Lipinski definition) is 3. The lowest BCUT2D eigenvalue weighted by molar-refractivity contribution is 0.102. The highest BCUT2D eigenvalue weighted by Gasteiger charge is 2.29. The molecule has 0 amide bonds. The summed E-state index contributed by atoms with van der Waals surface area (Å²) in [4.78, 5) is 2.68. The Balaban J connectivity index is 1.44. The molecule has 3 heteroatoms. The first-order valence-electron chi connectivity index (χ1n) is 6.97. The number of nitrogens with one attached hydrogen (secondary N) is 1. The van der Waals surface area contributed by atoms with Crippen LogP contribution in [0.15, 0.2) is 0 Å². The van der Waals surface area contributed by atoms with Gasteiger partial charge >= 0.3 is 0 Å². The largest absolute Gasteiger partial charge is 0.380 e. The molecule has 3 rings (SSSR count). The summed E-state index contributed by atoms with van der Waals surface area (Å²) in [6, 6.07) is 1.59. The molecule has 0 spiro atoms. The normalized spacial score (nSPS) is 36.8. The molecule has 0 aromatic heterocycles. The lowest BCUT2D eigenvalue weighted by atomic mass is 9.96. The van der Waals surface area contributed by atoms with E-state index in [0.717, 1.165) is 31.2 Å². The summed E-state index contributed by atoms with van der Waals surface area (Å²) < 4.78 is 5.50. The van der Waals surface area contributed by atoms with E-state index in [4.69, 9.17) is 4.74 Å². The van der Waals surface area contributed by atoms with Crippen molar-refractivity contribution in [3.63, 3.8) is 0 Å². The van der Waals surface area contributed by atoms with Gasteiger partial charge in [0, 0.05) is 25.2 Å². The molecule has 2 aliphatic heterocycles. The van der Waals surface area contributed by atoms with Crippen LogP contribution in [0.4, 0.5) is 0 Å². The van der Waals surface area contributed by atoms with Crippen LogP contribution >= 0.6 is 0 Å². The minimum absolute atomic E-state index is 0.726. The minimum atomic E-state index is 0.726. The topological polar surface area (TPSA) is 24.5 Å². The van der Waals surface area contributed by atoms with Crippen LogP contribution < -0.4 is 5.32 Å². The van der Waals surface area contributed by atoms with Crippen molar-refractivity contribution in [3.8, 4) is 0 Å². The van der Waals surface area contributed by atoms with Crippen molar-refractivity contribution in [1.29, 1.82) is 0 Å². The zero-order chi connectivity index (χ0) is 10.8. The van der Waals surface area contributed by atoms with Gasteiger partial charge in [0.25, 0.3) is 0 Å². The van der Waals surface area contributed by atoms with Gasteiger partial charge in [-0.3, -0.25) is 4.90 Å². The number of rotatable bonds is 4. The van der Waals surface area contributed by atoms with E-state index in [2.05, 4.69) is 10.2 Å². The summed E-state index contributed by atoms with van der Waals surface area (Å²) in [7, 11) is 0. The number of likely N-dealkylation sites (tertiary alicyclic amines) is 1. The molecular weight excluding hydrogens is 200 g/mol. The van der Waals surface area contributed by atoms with Crippen LogP contribution in [0.1, 0.15) is 32.1 Å². The predicted molar refractivity (Wildman–Crippen MR) is 64.5 cm³/mol. The highest BCUT2D eigenvalue weighted by molar-refractivity contribution is 4.85. The van der Waals surface area contributed by atoms with Gasteiger partial charge in [-0.15, -0.1) is 0 Å². The molecule has 0 bridgehead atoms. The van der Waals surface area contributed by atoms with E-state index in [9.17, 15) is 0 Å². The average Bonchev–Trinajstić information content (AvgIpc) is 2.99. The summed E-state index contributed by atoms with van der Waals surface area (Å²) in [6.07, 6.45) is 6.87. The molecule has 2 unspecified atom stereocenters. The summed E-state index contributed by atoms with van der Waals surface area (Å²) in [5.41, 5.74) is 0. The van der Waals surface area contributed by atoms with Crippen LogP contribution in [0.25, 0.3) is 0 Å². The third kappa shape index (κ3) is 2.76. The van der Waals surface area contributed by atoms with Crippen LogP contribution in [-0.4, -0.2) is 49.8 Å². The van der Waals surface area contributed by atoms with Crippen LogP contribution in [-0.2, 0) is 4.74 Å². The smallest absolute Gasteiger partial charge is 0.0622 e. The maximum atomic E-state index is 5.50. The van der Waals surface area contributed by atoms with E-state index in [1.54, 1.807) is 0 Å². The first kappa shape index (κ1) is 11.0. The fraction of sp³-hybridized carbons (Fsp3) is 1.00. The second-order valence-electron chi connectivity index (χ2n) is 5.70. The Bertz CT molecular complexity index is 224. The molecule has 2 saturated heterocycles. The molecule has 0 aromatic rings. The Morgan fingerprint density at radius 1 is 1.19 bits per heavy atom. The predicted octanol–water partition coefficient (Wildman–Crippen LogP) is 1.24. The first-order valence-corrected chi connectivity index (χ1v) is 6.97. The zero-order valence-corrected chi connectivity index (χ0v) is 10.2. The number of piperidine rings is 1. The van der Waals surface area contributed by atoms with Crippen molar-refractivity contribution in [2.45, 2.75) is 44.2 Å². The van der Waals surface area contributed by atoms with E-state index < -0.39 is 0 Å². The quantitative estimate of drug-likeness (QED) is 0.777. The van der Waals surface area contributed by atoms with Gasteiger partial charge in [-0.25, -0.2) is 0 Å². The van der Waals surface area contributed by atoms with Crippen molar-refractivity contribution >= 4 is 0 Å². The maximum Gasteiger partial charge on any atom is 0.0622 e. The highest BCUT2D eigenvalue weighted by atomic mass is 16.5. The molecular formula is C13H24N2O. The van der Waals surface area contributed by atoms with E-state index in [1.165, 1.54) is 51.7 Å². The molecule has 92 valence electrons. The molecule has 0 aromatic carbocycles. The van der Waals surface area contributed by atoms with Gasteiger partial charge in [0.15, 0.2) is 0 Å². The first-order chi connectivity index (χ1) is 7.92. The van der Waals surface area contributed by atoms with Crippen LogP contribution in [0.5, 0.6) is 0 Å². The van der Waals surface area contributed by atoms with Crippen LogP contribution in [0.3, 0.4) is 0 Å². The van der Waals surface area contributed by atoms with Gasteiger partial charge in [-0.2, -0.15) is 0 Å². The summed E-state index contributed by atoms with van der Waals surface area (Å²) in [6.45, 7) is 5.80. The number of ether oxygens (including phenoxy) is 1. The van der Waals surface area contributed by atoms with E-state index in [0.29, 0.717) is 0 Å². The fourth-order valence-corrected chi connectivity index (χ4v) is 3.03. The standard InChI is InChI=1S/C13H24N2O/c1-2-11(8-14-12-3-4-12)9-15(6-1)13-5-7-16-10-13/h11-14H,1-10H2. The van der Waals surface area contributed by atoms with Crippen molar-refractivity contribution < 1.29 is 4.74 Å². The molecule has 3 fully saturated rings. The number of hydrogen-bond donors (Lipinski definition) is 1. The van der Waals surface area contributed by atoms with Crippen LogP contribution in [0, 0.1) is 5.92 Å². The number of nitrogens with zero attached hydrogens (tertiary/aromatic N) is 1. The van der Waals surface area contributed by atoms with Gasteiger partial charge < -0.3 is 10.1 Å². The van der Waals surface area contributed by atoms with Gasteiger partial charge in [-0.1, -0.05) is 0 Å². The second-order valence-corrected chi connectivity index (χ2v) is 5.70. The lowest BCUT2D eigenvalue weighted by Crippen LogP contribution is -2.45. The molecule has 0 radical (unpaired) electrons. The van der Waals surface area contributed by atoms with Gasteiger partial charge in [-0.05, 0) is 51.1 Å². The Labute approximate surface area is 98.5 Å². The fourth-order valence-electron chi connectivity index (χ4n) is 3.03. The van der Waals surface area contributed by atoms with E-state index in [1.807, 2.05) is 0 Å². The van der Waals surface area contributed by atoms with Crippen molar-refractivity contribution in [3.05, 3.63) is 0 Å². The highest BCUT2D eigenvalue weighted by Crippen LogP contribution is 2.23. The molecule has 2 heterocycles. The third-order valence-electron chi connectivity index (χ3n) is 4.25. The average molecular weight is 224 g/mol. The molecule has 1 saturated carbocycles. The zero-order valence-electron chi connectivity index (χ0n) is 10.2. The van der Waals surface area contributed by atoms with Gasteiger partial charge in [0.2, 0.25) is 0 Å². The lowest BCUT2D eigenvalue weighted by Gasteiger charge is -2.36. The van der Waals surface area contributed by atoms with Crippen molar-refractivity contribution in [1.82, 2.24) is 10.2 Å². The van der Waals surface area contributed by atoms with Crippen molar-refractivity contribution in [2.75, 3.05) is 32.8 Å². The summed E-state index contributed by atoms with van der Waals surface area (Å²) in [5.74, 6) is 0.884. The third-order valence-corrected chi connectivity index (χ3v) is 4.25. The van der Waals surface area contributed by atoms with E-state index >= 15 is 0 Å². The second kappa shape index (κ2) is 5.03. The maximum absolute atomic E-state index is 5.50. The van der Waals surface area contributed by atoms with E-state index in [-0.39, 0.29) is 0 Å². The molecule has 3 aliphatic rings. The van der Waals surface area contributed by atoms with Crippen LogP contribution in [0.2, 0.25) is 0 Å². The molecule has 1 aliphatic carbocycles. The minimum Gasteiger partial charge on any atom is -0.380 e. The molecule has 16 heavy (non-hydrogen) atoms. The Kier molecular flexibility index (Phi) is 3.46. The van der Waals surface area contributed by atoms with Gasteiger partial charge in [0.05, 0.1) is 6.61 Å². The Morgan fingerprint density at radius 3 is 2.88 bits per heavy atom. The molecule has 3 nitrogen and oxygen atoms in total. The van der Waals surface area contributed by atoms with Crippen molar-refractivity contribution in [2.24, 2.45) is 5.92 Å². The molecule has 1 N–H and O–H groups in total. The summed E-state index contributed by atoms with van der Waals surface area (Å²) in [5, 5.41) is 3.68. The Hall–Kier alpha value is -0.120. The molecule has 2 atom stereocenters.